The fourth-order valence-corrected chi connectivity index (χ4v) is 2.45. The summed E-state index contributed by atoms with van der Waals surface area (Å²) < 4.78 is 0. The van der Waals surface area contributed by atoms with Crippen molar-refractivity contribution in [3.63, 3.8) is 0 Å². The second-order valence-corrected chi connectivity index (χ2v) is 5.50. The minimum Gasteiger partial charge on any atom is -0.388 e. The third kappa shape index (κ3) is 3.37. The van der Waals surface area contributed by atoms with Crippen LogP contribution in [0.2, 0.25) is 0 Å². The molecule has 3 atom stereocenters. The van der Waals surface area contributed by atoms with Crippen LogP contribution in [0.3, 0.4) is 0 Å². The number of benzene rings is 2. The van der Waals surface area contributed by atoms with Gasteiger partial charge in [-0.1, -0.05) is 67.1 Å². The van der Waals surface area contributed by atoms with Crippen molar-refractivity contribution in [2.75, 3.05) is 0 Å². The van der Waals surface area contributed by atoms with E-state index in [4.69, 9.17) is 11.6 Å². The van der Waals surface area contributed by atoms with Gasteiger partial charge in [-0.05, 0) is 18.1 Å². The highest BCUT2D eigenvalue weighted by atomic mass is 35.5. The minimum atomic E-state index is -0.552. The molecule has 1 N–H and O–H groups in total. The molecule has 0 aliphatic heterocycles. The normalized spacial score (nSPS) is 15.8. The Labute approximate surface area is 119 Å². The van der Waals surface area contributed by atoms with Crippen LogP contribution in [0, 0.1) is 12.8 Å². The minimum absolute atomic E-state index is 0.0493. The monoisotopic (exact) mass is 274 g/mol. The van der Waals surface area contributed by atoms with E-state index >= 15 is 0 Å². The summed E-state index contributed by atoms with van der Waals surface area (Å²) in [5.74, 6) is -0.0493. The number of hydrogen-bond donors (Lipinski definition) is 1. The van der Waals surface area contributed by atoms with Crippen LogP contribution in [0.5, 0.6) is 0 Å². The zero-order chi connectivity index (χ0) is 13.8. The summed E-state index contributed by atoms with van der Waals surface area (Å²) in [4.78, 5) is 0. The van der Waals surface area contributed by atoms with Crippen LogP contribution in [0.15, 0.2) is 54.6 Å². The molecular formula is C17H19ClO. The molecular weight excluding hydrogens is 256 g/mol. The molecule has 2 aromatic rings. The number of aryl methyl sites for hydroxylation is 1. The SMILES string of the molecule is Cc1ccc([C@H](O)[C@@H](C)[C@@H](Cl)c2ccccc2)cc1. The van der Waals surface area contributed by atoms with Gasteiger partial charge in [0.25, 0.3) is 0 Å². The summed E-state index contributed by atoms with van der Waals surface area (Å²) in [7, 11) is 0. The summed E-state index contributed by atoms with van der Waals surface area (Å²) in [6, 6.07) is 17.8. The number of rotatable bonds is 4. The molecule has 0 bridgehead atoms. The molecule has 100 valence electrons. The Morgan fingerprint density at radius 2 is 1.47 bits per heavy atom. The van der Waals surface area contributed by atoms with E-state index in [0.717, 1.165) is 11.1 Å². The van der Waals surface area contributed by atoms with Crippen LogP contribution in [0.1, 0.15) is 35.1 Å². The lowest BCUT2D eigenvalue weighted by molar-refractivity contribution is 0.115. The van der Waals surface area contributed by atoms with Crippen LogP contribution >= 0.6 is 11.6 Å². The van der Waals surface area contributed by atoms with Crippen LogP contribution in [0.4, 0.5) is 0 Å². The van der Waals surface area contributed by atoms with E-state index in [1.54, 1.807) is 0 Å². The molecule has 0 radical (unpaired) electrons. The van der Waals surface area contributed by atoms with E-state index in [-0.39, 0.29) is 11.3 Å². The Bertz CT molecular complexity index is 507. The van der Waals surface area contributed by atoms with Crippen molar-refractivity contribution in [2.24, 2.45) is 5.92 Å². The number of alkyl halides is 1. The molecule has 19 heavy (non-hydrogen) atoms. The van der Waals surface area contributed by atoms with Crippen molar-refractivity contribution in [1.29, 1.82) is 0 Å². The summed E-state index contributed by atoms with van der Waals surface area (Å²) in [6.07, 6.45) is -0.552. The number of halogens is 1. The molecule has 2 heteroatoms. The lowest BCUT2D eigenvalue weighted by atomic mass is 9.90. The van der Waals surface area contributed by atoms with Crippen molar-refractivity contribution in [3.05, 3.63) is 71.3 Å². The zero-order valence-corrected chi connectivity index (χ0v) is 12.0. The van der Waals surface area contributed by atoms with Crippen molar-refractivity contribution in [2.45, 2.75) is 25.3 Å². The molecule has 0 aliphatic rings. The molecule has 0 saturated heterocycles. The van der Waals surface area contributed by atoms with Crippen molar-refractivity contribution < 1.29 is 5.11 Å². The standard InChI is InChI=1S/C17H19ClO/c1-12-8-10-15(11-9-12)17(19)13(2)16(18)14-6-4-3-5-7-14/h3-11,13,16-17,19H,1-2H3/t13-,16+,17+/m0/s1. The largest absolute Gasteiger partial charge is 0.388 e. The molecule has 0 unspecified atom stereocenters. The number of aliphatic hydroxyl groups excluding tert-OH is 1. The zero-order valence-electron chi connectivity index (χ0n) is 11.3. The maximum atomic E-state index is 10.4. The number of hydrogen-bond acceptors (Lipinski definition) is 1. The maximum absolute atomic E-state index is 10.4. The summed E-state index contributed by atoms with van der Waals surface area (Å²) in [5.41, 5.74) is 3.15. The predicted octanol–water partition coefficient (Wildman–Crippen LogP) is 4.64. The fraction of sp³-hybridized carbons (Fsp3) is 0.294. The Balaban J connectivity index is 2.15. The van der Waals surface area contributed by atoms with E-state index in [1.165, 1.54) is 5.56 Å². The Kier molecular flexibility index (Phi) is 4.62. The van der Waals surface area contributed by atoms with E-state index in [9.17, 15) is 5.11 Å². The van der Waals surface area contributed by atoms with E-state index in [0.29, 0.717) is 0 Å². The topological polar surface area (TPSA) is 20.2 Å². The molecule has 0 spiro atoms. The Morgan fingerprint density at radius 3 is 2.05 bits per heavy atom. The predicted molar refractivity (Wildman–Crippen MR) is 80.3 cm³/mol. The molecule has 2 rings (SSSR count). The molecule has 0 aliphatic carbocycles. The Morgan fingerprint density at radius 1 is 0.895 bits per heavy atom. The maximum Gasteiger partial charge on any atom is 0.0832 e. The highest BCUT2D eigenvalue weighted by Gasteiger charge is 2.24. The Hall–Kier alpha value is -1.31. The van der Waals surface area contributed by atoms with Crippen LogP contribution < -0.4 is 0 Å². The van der Waals surface area contributed by atoms with Gasteiger partial charge in [-0.15, -0.1) is 11.6 Å². The third-order valence-corrected chi connectivity index (χ3v) is 4.15. The second kappa shape index (κ2) is 6.23. The summed E-state index contributed by atoms with van der Waals surface area (Å²) in [6.45, 7) is 4.02. The third-order valence-electron chi connectivity index (χ3n) is 3.50. The van der Waals surface area contributed by atoms with Gasteiger partial charge in [0.15, 0.2) is 0 Å². The second-order valence-electron chi connectivity index (χ2n) is 5.03. The smallest absolute Gasteiger partial charge is 0.0832 e. The van der Waals surface area contributed by atoms with Gasteiger partial charge in [-0.2, -0.15) is 0 Å². The molecule has 0 fully saturated rings. The molecule has 2 aromatic carbocycles. The lowest BCUT2D eigenvalue weighted by Crippen LogP contribution is -2.14. The van der Waals surface area contributed by atoms with Gasteiger partial charge in [0.2, 0.25) is 0 Å². The first-order valence-electron chi connectivity index (χ1n) is 6.53. The van der Waals surface area contributed by atoms with Crippen LogP contribution in [-0.4, -0.2) is 5.11 Å². The first kappa shape index (κ1) is 14.1. The molecule has 0 amide bonds. The molecule has 0 aromatic heterocycles. The van der Waals surface area contributed by atoms with E-state index in [2.05, 4.69) is 0 Å². The van der Waals surface area contributed by atoms with Gasteiger partial charge >= 0.3 is 0 Å². The lowest BCUT2D eigenvalue weighted by Gasteiger charge is -2.24. The highest BCUT2D eigenvalue weighted by Crippen LogP contribution is 2.36. The fourth-order valence-electron chi connectivity index (χ4n) is 2.17. The van der Waals surface area contributed by atoms with Crippen molar-refractivity contribution in [3.8, 4) is 0 Å². The van der Waals surface area contributed by atoms with Crippen LogP contribution in [-0.2, 0) is 0 Å². The van der Waals surface area contributed by atoms with Crippen LogP contribution in [0.25, 0.3) is 0 Å². The average Bonchev–Trinajstić information content (AvgIpc) is 2.46. The van der Waals surface area contributed by atoms with E-state index in [1.807, 2.05) is 68.4 Å². The molecule has 1 nitrogen and oxygen atoms in total. The first-order valence-corrected chi connectivity index (χ1v) is 6.97. The van der Waals surface area contributed by atoms with Gasteiger partial charge in [0.1, 0.15) is 0 Å². The quantitative estimate of drug-likeness (QED) is 0.805. The van der Waals surface area contributed by atoms with E-state index < -0.39 is 6.10 Å². The first-order chi connectivity index (χ1) is 9.09. The number of aliphatic hydroxyl groups is 1. The molecule has 0 heterocycles. The van der Waals surface area contributed by atoms with Gasteiger partial charge in [0.05, 0.1) is 11.5 Å². The van der Waals surface area contributed by atoms with Gasteiger partial charge in [0, 0.05) is 5.92 Å². The molecule has 0 saturated carbocycles. The van der Waals surface area contributed by atoms with Gasteiger partial charge < -0.3 is 5.11 Å². The van der Waals surface area contributed by atoms with Gasteiger partial charge in [-0.3, -0.25) is 0 Å². The summed E-state index contributed by atoms with van der Waals surface area (Å²) in [5, 5.41) is 10.2. The van der Waals surface area contributed by atoms with Crippen molar-refractivity contribution in [1.82, 2.24) is 0 Å². The highest BCUT2D eigenvalue weighted by molar-refractivity contribution is 6.21. The van der Waals surface area contributed by atoms with Gasteiger partial charge in [-0.25, -0.2) is 0 Å². The average molecular weight is 275 g/mol. The van der Waals surface area contributed by atoms with Crippen molar-refractivity contribution >= 4 is 11.6 Å². The summed E-state index contributed by atoms with van der Waals surface area (Å²) >= 11 is 6.47.